The molecule has 1 saturated heterocycles. The van der Waals surface area contributed by atoms with Crippen LogP contribution in [0, 0.1) is 18.3 Å². The SMILES string of the molecule is Cc1c(Br)cccc1COc1cc(OCc2cncc(C#N)c2)c(CN2CCCCC2C(=O)O)cc1Cl. The van der Waals surface area contributed by atoms with Gasteiger partial charge in [-0.05, 0) is 55.6 Å². The number of nitrogens with zero attached hydrogens (tertiary/aromatic N) is 3. The minimum absolute atomic E-state index is 0.184. The van der Waals surface area contributed by atoms with Crippen molar-refractivity contribution in [2.75, 3.05) is 6.54 Å². The number of carboxylic acids is 1. The number of rotatable bonds is 9. The molecular formula is C28H27BrClN3O4. The molecule has 0 aliphatic carbocycles. The minimum Gasteiger partial charge on any atom is -0.488 e. The van der Waals surface area contributed by atoms with Crippen molar-refractivity contribution in [2.24, 2.45) is 0 Å². The number of hydrogen-bond donors (Lipinski definition) is 1. The smallest absolute Gasteiger partial charge is 0.320 e. The lowest BCUT2D eigenvalue weighted by Crippen LogP contribution is -2.44. The minimum atomic E-state index is -0.822. The third-order valence-corrected chi connectivity index (χ3v) is 7.62. The Hall–Kier alpha value is -3.12. The normalized spacial score (nSPS) is 15.7. The first-order chi connectivity index (χ1) is 17.9. The van der Waals surface area contributed by atoms with Crippen molar-refractivity contribution in [2.45, 2.75) is 52.0 Å². The van der Waals surface area contributed by atoms with Crippen LogP contribution in [-0.4, -0.2) is 33.5 Å². The number of carboxylic acid groups (broad SMARTS) is 1. The van der Waals surface area contributed by atoms with Gasteiger partial charge in [0, 0.05) is 40.6 Å². The fraction of sp³-hybridized carbons (Fsp3) is 0.321. The molecule has 4 rings (SSSR count). The summed E-state index contributed by atoms with van der Waals surface area (Å²) in [7, 11) is 0. The summed E-state index contributed by atoms with van der Waals surface area (Å²) in [5.74, 6) is 0.191. The zero-order valence-electron chi connectivity index (χ0n) is 20.4. The van der Waals surface area contributed by atoms with Gasteiger partial charge in [-0.15, -0.1) is 0 Å². The van der Waals surface area contributed by atoms with Crippen LogP contribution in [-0.2, 0) is 24.6 Å². The van der Waals surface area contributed by atoms with Gasteiger partial charge >= 0.3 is 5.97 Å². The molecule has 37 heavy (non-hydrogen) atoms. The molecule has 0 spiro atoms. The lowest BCUT2D eigenvalue weighted by molar-refractivity contribution is -0.144. The monoisotopic (exact) mass is 583 g/mol. The summed E-state index contributed by atoms with van der Waals surface area (Å²) in [6.07, 6.45) is 5.58. The first kappa shape index (κ1) is 26.9. The average Bonchev–Trinajstić information content (AvgIpc) is 2.90. The second kappa shape index (κ2) is 12.4. The third-order valence-electron chi connectivity index (χ3n) is 6.47. The van der Waals surface area contributed by atoms with Crippen LogP contribution in [0.2, 0.25) is 5.02 Å². The van der Waals surface area contributed by atoms with E-state index in [-0.39, 0.29) is 6.61 Å². The summed E-state index contributed by atoms with van der Waals surface area (Å²) in [6.45, 7) is 3.59. The molecule has 0 radical (unpaired) electrons. The van der Waals surface area contributed by atoms with Crippen molar-refractivity contribution in [3.8, 4) is 17.6 Å². The molecule has 1 aliphatic heterocycles. The number of carbonyl (C=O) groups is 1. The second-order valence-corrected chi connectivity index (χ2v) is 10.3. The quantitative estimate of drug-likeness (QED) is 0.316. The van der Waals surface area contributed by atoms with E-state index in [0.29, 0.717) is 48.2 Å². The van der Waals surface area contributed by atoms with Crippen molar-refractivity contribution < 1.29 is 19.4 Å². The molecule has 192 valence electrons. The van der Waals surface area contributed by atoms with Gasteiger partial charge in [0.05, 0.1) is 10.6 Å². The molecule has 7 nitrogen and oxygen atoms in total. The molecule has 1 unspecified atom stereocenters. The zero-order chi connectivity index (χ0) is 26.4. The van der Waals surface area contributed by atoms with E-state index in [1.165, 1.54) is 6.20 Å². The van der Waals surface area contributed by atoms with Crippen molar-refractivity contribution in [1.29, 1.82) is 5.26 Å². The summed E-state index contributed by atoms with van der Waals surface area (Å²) >= 11 is 10.2. The van der Waals surface area contributed by atoms with Crippen LogP contribution in [0.5, 0.6) is 11.5 Å². The summed E-state index contributed by atoms with van der Waals surface area (Å²) in [4.78, 5) is 17.9. The van der Waals surface area contributed by atoms with Crippen molar-refractivity contribution in [3.05, 3.63) is 86.1 Å². The van der Waals surface area contributed by atoms with Crippen molar-refractivity contribution in [1.82, 2.24) is 9.88 Å². The van der Waals surface area contributed by atoms with Gasteiger partial charge < -0.3 is 14.6 Å². The van der Waals surface area contributed by atoms with Gasteiger partial charge in [0.1, 0.15) is 36.8 Å². The molecule has 0 bridgehead atoms. The number of aromatic nitrogens is 1. The van der Waals surface area contributed by atoms with Crippen LogP contribution >= 0.6 is 27.5 Å². The van der Waals surface area contributed by atoms with Gasteiger partial charge in [0.2, 0.25) is 0 Å². The highest BCUT2D eigenvalue weighted by Gasteiger charge is 2.29. The molecule has 1 aliphatic rings. The van der Waals surface area contributed by atoms with Gasteiger partial charge in [-0.1, -0.05) is 46.1 Å². The Labute approximate surface area is 229 Å². The van der Waals surface area contributed by atoms with Crippen molar-refractivity contribution >= 4 is 33.5 Å². The van der Waals surface area contributed by atoms with E-state index in [4.69, 9.17) is 21.1 Å². The Morgan fingerprint density at radius 3 is 2.78 bits per heavy atom. The Kier molecular flexibility index (Phi) is 9.04. The van der Waals surface area contributed by atoms with Gasteiger partial charge in [0.25, 0.3) is 0 Å². The Bertz CT molecular complexity index is 1330. The standard InChI is InChI=1S/C28H27BrClN3O4/c1-18-21(5-4-6-23(18)29)17-37-27-11-26(36-16-20-9-19(12-31)13-32-14-20)22(10-24(27)30)15-33-8-3-2-7-25(33)28(34)35/h4-6,9-11,13-14,25H,2-3,7-8,15-17H2,1H3,(H,34,35). The molecular weight excluding hydrogens is 558 g/mol. The van der Waals surface area contributed by atoms with E-state index >= 15 is 0 Å². The van der Waals surface area contributed by atoms with E-state index < -0.39 is 12.0 Å². The topological polar surface area (TPSA) is 95.7 Å². The van der Waals surface area contributed by atoms with Gasteiger partial charge in [0.15, 0.2) is 0 Å². The summed E-state index contributed by atoms with van der Waals surface area (Å²) in [5.41, 5.74) is 4.07. The Morgan fingerprint density at radius 1 is 1.19 bits per heavy atom. The molecule has 3 aromatic rings. The van der Waals surface area contributed by atoms with E-state index in [2.05, 4.69) is 27.0 Å². The van der Waals surface area contributed by atoms with Crippen LogP contribution in [0.1, 0.15) is 47.1 Å². The Morgan fingerprint density at radius 2 is 2.00 bits per heavy atom. The predicted molar refractivity (Wildman–Crippen MR) is 144 cm³/mol. The van der Waals surface area contributed by atoms with Crippen molar-refractivity contribution in [3.63, 3.8) is 0 Å². The first-order valence-electron chi connectivity index (χ1n) is 12.0. The number of likely N-dealkylation sites (tertiary alicyclic amines) is 1. The van der Waals surface area contributed by atoms with E-state index in [0.717, 1.165) is 39.6 Å². The van der Waals surface area contributed by atoms with Crippen LogP contribution < -0.4 is 9.47 Å². The van der Waals surface area contributed by atoms with Crippen LogP contribution in [0.25, 0.3) is 0 Å². The molecule has 1 atom stereocenters. The third kappa shape index (κ3) is 6.80. The average molecular weight is 585 g/mol. The number of piperidine rings is 1. The maximum Gasteiger partial charge on any atom is 0.320 e. The highest BCUT2D eigenvalue weighted by molar-refractivity contribution is 9.10. The van der Waals surface area contributed by atoms with Gasteiger partial charge in [-0.3, -0.25) is 14.7 Å². The van der Waals surface area contributed by atoms with E-state index in [1.54, 1.807) is 24.4 Å². The van der Waals surface area contributed by atoms with Gasteiger partial charge in [-0.2, -0.15) is 5.26 Å². The Balaban J connectivity index is 1.61. The molecule has 2 aromatic carbocycles. The number of hydrogen-bond acceptors (Lipinski definition) is 6. The molecule has 0 amide bonds. The fourth-order valence-electron chi connectivity index (χ4n) is 4.38. The van der Waals surface area contributed by atoms with E-state index in [9.17, 15) is 15.2 Å². The lowest BCUT2D eigenvalue weighted by Gasteiger charge is -2.33. The van der Waals surface area contributed by atoms with E-state index in [1.807, 2.05) is 30.0 Å². The summed E-state index contributed by atoms with van der Waals surface area (Å²) < 4.78 is 13.3. The molecule has 0 saturated carbocycles. The second-order valence-electron chi connectivity index (χ2n) is 9.01. The molecule has 9 heteroatoms. The number of benzene rings is 2. The lowest BCUT2D eigenvalue weighted by atomic mass is 10.0. The van der Waals surface area contributed by atoms with Crippen LogP contribution in [0.4, 0.5) is 0 Å². The number of ether oxygens (including phenoxy) is 2. The maximum atomic E-state index is 11.8. The molecule has 1 N–H and O–H groups in total. The predicted octanol–water partition coefficient (Wildman–Crippen LogP) is 6.27. The number of pyridine rings is 1. The molecule has 2 heterocycles. The van der Waals surface area contributed by atoms with Gasteiger partial charge in [-0.25, -0.2) is 0 Å². The highest BCUT2D eigenvalue weighted by Crippen LogP contribution is 2.36. The molecule has 1 fully saturated rings. The first-order valence-corrected chi connectivity index (χ1v) is 13.2. The zero-order valence-corrected chi connectivity index (χ0v) is 22.8. The highest BCUT2D eigenvalue weighted by atomic mass is 79.9. The fourth-order valence-corrected chi connectivity index (χ4v) is 5.02. The van der Waals surface area contributed by atoms with Crippen LogP contribution in [0.3, 0.4) is 0 Å². The largest absolute Gasteiger partial charge is 0.488 e. The maximum absolute atomic E-state index is 11.8. The van der Waals surface area contributed by atoms with Crippen LogP contribution in [0.15, 0.2) is 53.3 Å². The summed E-state index contributed by atoms with van der Waals surface area (Å²) in [6, 6.07) is 12.7. The number of aliphatic carboxylic acids is 1. The summed E-state index contributed by atoms with van der Waals surface area (Å²) in [5, 5.41) is 19.3. The number of halogens is 2. The number of nitriles is 1. The molecule has 1 aromatic heterocycles.